The molecule has 2 aromatic heterocycles. The van der Waals surface area contributed by atoms with Crippen molar-refractivity contribution in [3.63, 3.8) is 0 Å². The minimum Gasteiger partial charge on any atom is -0.263 e. The summed E-state index contributed by atoms with van der Waals surface area (Å²) in [4.78, 5) is 17.0. The number of allylic oxidation sites excluding steroid dienone is 2. The number of benzene rings is 1. The third-order valence-electron chi connectivity index (χ3n) is 3.83. The third-order valence-corrected chi connectivity index (χ3v) is 4.38. The average Bonchev–Trinajstić information content (AvgIpc) is 2.92. The molecule has 26 heavy (non-hydrogen) atoms. The van der Waals surface area contributed by atoms with Crippen molar-refractivity contribution in [2.75, 3.05) is 0 Å². The predicted octanol–water partition coefficient (Wildman–Crippen LogP) is 4.76. The Morgan fingerprint density at radius 3 is 2.54 bits per heavy atom. The topological polar surface area (TPSA) is 52.7 Å². The van der Waals surface area contributed by atoms with Crippen molar-refractivity contribution in [1.29, 1.82) is 0 Å². The van der Waals surface area contributed by atoms with Crippen molar-refractivity contribution < 1.29 is 0 Å². The maximum absolute atomic E-state index is 13.0. The van der Waals surface area contributed by atoms with E-state index in [-0.39, 0.29) is 5.69 Å². The van der Waals surface area contributed by atoms with Crippen LogP contribution >= 0.6 is 23.2 Å². The first-order valence-corrected chi connectivity index (χ1v) is 8.92. The van der Waals surface area contributed by atoms with E-state index < -0.39 is 0 Å². The fraction of sp³-hybridized carbons (Fsp3) is 0.211. The van der Waals surface area contributed by atoms with Gasteiger partial charge in [-0.15, -0.1) is 5.10 Å². The van der Waals surface area contributed by atoms with Gasteiger partial charge in [-0.3, -0.25) is 4.98 Å². The van der Waals surface area contributed by atoms with E-state index in [0.29, 0.717) is 33.7 Å². The summed E-state index contributed by atoms with van der Waals surface area (Å²) in [6.07, 6.45) is 5.96. The lowest BCUT2D eigenvalue weighted by molar-refractivity contribution is 0.596. The summed E-state index contributed by atoms with van der Waals surface area (Å²) in [5.41, 5.74) is 2.30. The summed E-state index contributed by atoms with van der Waals surface area (Å²) in [6, 6.07) is 8.79. The molecular formula is C19H18Cl2N4O. The highest BCUT2D eigenvalue weighted by Crippen LogP contribution is 2.26. The summed E-state index contributed by atoms with van der Waals surface area (Å²) in [5, 5.41) is 5.56. The summed E-state index contributed by atoms with van der Waals surface area (Å²) in [7, 11) is 0. The van der Waals surface area contributed by atoms with Crippen LogP contribution in [0.15, 0.2) is 59.2 Å². The van der Waals surface area contributed by atoms with Crippen LogP contribution in [0.4, 0.5) is 0 Å². The van der Waals surface area contributed by atoms with E-state index in [0.717, 1.165) is 6.42 Å². The molecule has 7 heteroatoms. The van der Waals surface area contributed by atoms with E-state index in [1.165, 1.54) is 16.5 Å². The number of hydrogen-bond acceptors (Lipinski definition) is 3. The Balaban J connectivity index is 2.15. The maximum atomic E-state index is 13.0. The second kappa shape index (κ2) is 7.89. The number of aryl methyl sites for hydroxylation is 1. The van der Waals surface area contributed by atoms with Gasteiger partial charge in [-0.1, -0.05) is 34.9 Å². The molecule has 0 saturated carbocycles. The van der Waals surface area contributed by atoms with Gasteiger partial charge in [0.05, 0.1) is 10.7 Å². The van der Waals surface area contributed by atoms with Crippen molar-refractivity contribution in [2.45, 2.75) is 26.8 Å². The first-order chi connectivity index (χ1) is 12.5. The molecule has 0 amide bonds. The first kappa shape index (κ1) is 18.4. The molecule has 0 fully saturated rings. The van der Waals surface area contributed by atoms with Gasteiger partial charge in [-0.2, -0.15) is 0 Å². The van der Waals surface area contributed by atoms with Crippen LogP contribution in [0.5, 0.6) is 0 Å². The number of pyridine rings is 1. The second-order valence-corrected chi connectivity index (χ2v) is 6.91. The number of hydrogen-bond donors (Lipinski definition) is 0. The van der Waals surface area contributed by atoms with Gasteiger partial charge in [0.25, 0.3) is 0 Å². The smallest absolute Gasteiger partial charge is 0.263 e. The van der Waals surface area contributed by atoms with Gasteiger partial charge in [0.1, 0.15) is 0 Å². The number of halogens is 2. The van der Waals surface area contributed by atoms with Crippen LogP contribution in [0.1, 0.15) is 20.3 Å². The van der Waals surface area contributed by atoms with Gasteiger partial charge in [0, 0.05) is 29.5 Å². The minimum atomic E-state index is -0.225. The lowest BCUT2D eigenvalue weighted by Crippen LogP contribution is -2.24. The molecule has 3 rings (SSSR count). The molecule has 0 aliphatic carbocycles. The molecule has 134 valence electrons. The monoisotopic (exact) mass is 388 g/mol. The van der Waals surface area contributed by atoms with E-state index >= 15 is 0 Å². The maximum Gasteiger partial charge on any atom is 0.350 e. The highest BCUT2D eigenvalue weighted by atomic mass is 35.5. The summed E-state index contributed by atoms with van der Waals surface area (Å²) in [6.45, 7) is 4.54. The molecule has 1 aromatic carbocycles. The van der Waals surface area contributed by atoms with Crippen LogP contribution in [0.25, 0.3) is 17.1 Å². The van der Waals surface area contributed by atoms with E-state index in [2.05, 4.69) is 16.2 Å². The zero-order valence-electron chi connectivity index (χ0n) is 14.5. The molecule has 0 aliphatic rings. The van der Waals surface area contributed by atoms with Gasteiger partial charge in [-0.25, -0.2) is 14.0 Å². The van der Waals surface area contributed by atoms with Crippen molar-refractivity contribution in [3.8, 4) is 17.1 Å². The zero-order valence-corrected chi connectivity index (χ0v) is 16.0. The molecular weight excluding hydrogens is 371 g/mol. The van der Waals surface area contributed by atoms with Gasteiger partial charge in [0.15, 0.2) is 5.82 Å². The van der Waals surface area contributed by atoms with Crippen LogP contribution in [-0.4, -0.2) is 19.3 Å². The van der Waals surface area contributed by atoms with Gasteiger partial charge < -0.3 is 0 Å². The molecule has 3 aromatic rings. The molecule has 0 unspecified atom stereocenters. The lowest BCUT2D eigenvalue weighted by Gasteiger charge is -2.06. The summed E-state index contributed by atoms with van der Waals surface area (Å²) in [5.74, 6) is 0.474. The van der Waals surface area contributed by atoms with Crippen molar-refractivity contribution >= 4 is 23.2 Å². The van der Waals surface area contributed by atoms with Crippen LogP contribution in [0.2, 0.25) is 10.0 Å². The zero-order chi connectivity index (χ0) is 18.7. The molecule has 0 N–H and O–H groups in total. The van der Waals surface area contributed by atoms with Gasteiger partial charge >= 0.3 is 5.69 Å². The average molecular weight is 389 g/mol. The van der Waals surface area contributed by atoms with Crippen molar-refractivity contribution in [3.05, 3.63) is 74.9 Å². The molecule has 2 heterocycles. The standard InChI is InChI=1S/C19H18Cl2N4O/c1-13(2)4-3-11-24-19(26)25(15-7-5-14(20)6-8-15)18(23-24)16-9-10-22-12-17(16)21/h4-10,12H,3,11H2,1-2H3. The fourth-order valence-electron chi connectivity index (χ4n) is 2.58. The Morgan fingerprint density at radius 2 is 1.88 bits per heavy atom. The van der Waals surface area contributed by atoms with E-state index in [4.69, 9.17) is 23.2 Å². The number of aromatic nitrogens is 4. The third kappa shape index (κ3) is 3.89. The van der Waals surface area contributed by atoms with Crippen molar-refractivity contribution in [1.82, 2.24) is 19.3 Å². The van der Waals surface area contributed by atoms with Crippen LogP contribution < -0.4 is 5.69 Å². The highest BCUT2D eigenvalue weighted by molar-refractivity contribution is 6.33. The predicted molar refractivity (Wildman–Crippen MR) is 105 cm³/mol. The summed E-state index contributed by atoms with van der Waals surface area (Å²) >= 11 is 12.3. The molecule has 0 saturated heterocycles. The van der Waals surface area contributed by atoms with Gasteiger partial charge in [-0.05, 0) is 50.6 Å². The minimum absolute atomic E-state index is 0.225. The Labute approximate surface area is 161 Å². The lowest BCUT2D eigenvalue weighted by atomic mass is 10.2. The SMILES string of the molecule is CC(C)=CCCn1nc(-c2ccncc2Cl)n(-c2ccc(Cl)cc2)c1=O. The molecule has 0 atom stereocenters. The van der Waals surface area contributed by atoms with Crippen LogP contribution in [0.3, 0.4) is 0 Å². The fourth-order valence-corrected chi connectivity index (χ4v) is 2.91. The number of nitrogens with zero attached hydrogens (tertiary/aromatic N) is 4. The van der Waals surface area contributed by atoms with E-state index in [1.807, 2.05) is 13.8 Å². The number of rotatable bonds is 5. The second-order valence-electron chi connectivity index (χ2n) is 6.07. The van der Waals surface area contributed by atoms with E-state index in [1.54, 1.807) is 41.1 Å². The molecule has 5 nitrogen and oxygen atoms in total. The van der Waals surface area contributed by atoms with Gasteiger partial charge in [0.2, 0.25) is 0 Å². The first-order valence-electron chi connectivity index (χ1n) is 8.16. The van der Waals surface area contributed by atoms with Crippen LogP contribution in [-0.2, 0) is 6.54 Å². The Kier molecular flexibility index (Phi) is 5.59. The van der Waals surface area contributed by atoms with Crippen molar-refractivity contribution in [2.24, 2.45) is 0 Å². The Hall–Kier alpha value is -2.37. The largest absolute Gasteiger partial charge is 0.350 e. The molecule has 0 spiro atoms. The normalized spacial score (nSPS) is 10.8. The highest BCUT2D eigenvalue weighted by Gasteiger charge is 2.18. The Morgan fingerprint density at radius 1 is 1.15 bits per heavy atom. The molecule has 0 bridgehead atoms. The Bertz CT molecular complexity index is 999. The molecule has 0 aliphatic heterocycles. The van der Waals surface area contributed by atoms with E-state index in [9.17, 15) is 4.79 Å². The molecule has 0 radical (unpaired) electrons. The van der Waals surface area contributed by atoms with Crippen LogP contribution in [0, 0.1) is 0 Å². The quantitative estimate of drug-likeness (QED) is 0.592. The summed E-state index contributed by atoms with van der Waals surface area (Å²) < 4.78 is 3.00.